The number of benzene rings is 1. The highest BCUT2D eigenvalue weighted by atomic mass is 79.9. The molecule has 1 aliphatic rings. The molecule has 5 heteroatoms. The van der Waals surface area contributed by atoms with E-state index in [9.17, 15) is 4.79 Å². The first-order valence-electron chi connectivity index (χ1n) is 9.89. The third-order valence-corrected chi connectivity index (χ3v) is 5.81. The topological polar surface area (TPSA) is 51.3 Å². The van der Waals surface area contributed by atoms with Crippen molar-refractivity contribution in [3.05, 3.63) is 61.8 Å². The molecule has 1 N–H and O–H groups in total. The summed E-state index contributed by atoms with van der Waals surface area (Å²) >= 11 is 3.42. The van der Waals surface area contributed by atoms with Gasteiger partial charge in [0.25, 0.3) is 0 Å². The van der Waals surface area contributed by atoms with E-state index in [0.717, 1.165) is 50.8 Å². The van der Waals surface area contributed by atoms with E-state index in [0.29, 0.717) is 17.0 Å². The maximum absolute atomic E-state index is 12.3. The number of pyridine rings is 1. The number of aromatic amines is 1. The molecule has 2 heterocycles. The van der Waals surface area contributed by atoms with Gasteiger partial charge in [-0.1, -0.05) is 37.6 Å². The number of halogens is 1. The Hall–Kier alpha value is -1.59. The number of H-pyrrole nitrogens is 1. The highest BCUT2D eigenvalue weighted by Crippen LogP contribution is 2.19. The summed E-state index contributed by atoms with van der Waals surface area (Å²) in [6.07, 6.45) is 7.33. The third kappa shape index (κ3) is 5.94. The lowest BCUT2D eigenvalue weighted by atomic mass is 10.0. The van der Waals surface area contributed by atoms with Crippen LogP contribution < -0.4 is 10.2 Å². The molecule has 1 saturated heterocycles. The summed E-state index contributed by atoms with van der Waals surface area (Å²) in [5.41, 5.74) is 3.46. The van der Waals surface area contributed by atoms with E-state index in [1.807, 2.05) is 0 Å². The van der Waals surface area contributed by atoms with Crippen LogP contribution in [0.2, 0.25) is 0 Å². The van der Waals surface area contributed by atoms with Crippen LogP contribution in [0.5, 0.6) is 5.88 Å². The maximum atomic E-state index is 12.3. The number of nitrogens with one attached hydrogen (secondary N) is 1. The van der Waals surface area contributed by atoms with E-state index >= 15 is 0 Å². The van der Waals surface area contributed by atoms with Crippen molar-refractivity contribution in [3.63, 3.8) is 0 Å². The second kappa shape index (κ2) is 10.1. The van der Waals surface area contributed by atoms with Crippen LogP contribution in [0.15, 0.2) is 39.6 Å². The lowest BCUT2D eigenvalue weighted by Gasteiger charge is -2.22. The maximum Gasteiger partial charge on any atom is 0.199 e. The molecule has 3 rings (SSSR count). The number of hydrogen-bond acceptors (Lipinski definition) is 3. The van der Waals surface area contributed by atoms with Gasteiger partial charge < -0.3 is 14.5 Å². The summed E-state index contributed by atoms with van der Waals surface area (Å²) in [5.74, 6) is 0.519. The lowest BCUT2D eigenvalue weighted by Crippen LogP contribution is -2.26. The molecule has 0 aliphatic carbocycles. The van der Waals surface area contributed by atoms with E-state index < -0.39 is 0 Å². The third-order valence-electron chi connectivity index (χ3n) is 4.94. The molecule has 1 atom stereocenters. The Morgan fingerprint density at radius 3 is 2.56 bits per heavy atom. The van der Waals surface area contributed by atoms with Gasteiger partial charge in [0, 0.05) is 18.4 Å². The Kier molecular flexibility index (Phi) is 7.53. The predicted molar refractivity (Wildman–Crippen MR) is 112 cm³/mol. The summed E-state index contributed by atoms with van der Waals surface area (Å²) in [7, 11) is 0. The molecule has 2 aromatic rings. The molecule has 1 unspecified atom stereocenters. The highest BCUT2D eigenvalue weighted by Gasteiger charge is 2.15. The van der Waals surface area contributed by atoms with Crippen LogP contribution in [0.1, 0.15) is 49.4 Å². The Morgan fingerprint density at radius 1 is 1.15 bits per heavy atom. The average molecular weight is 434 g/mol. The van der Waals surface area contributed by atoms with Gasteiger partial charge >= 0.3 is 0 Å². The van der Waals surface area contributed by atoms with E-state index in [2.05, 4.69) is 52.1 Å². The molecule has 0 spiro atoms. The minimum absolute atomic E-state index is 0.0541. The SMILES string of the molecule is CCCc1ccc(CCc2[nH]c(OCC3CCCCO3)cc(=O)c2Br)cc1. The van der Waals surface area contributed by atoms with Crippen LogP contribution in [0.25, 0.3) is 0 Å². The molecule has 27 heavy (non-hydrogen) atoms. The van der Waals surface area contributed by atoms with Crippen molar-refractivity contribution in [1.29, 1.82) is 0 Å². The van der Waals surface area contributed by atoms with Crippen LogP contribution in [0.3, 0.4) is 0 Å². The van der Waals surface area contributed by atoms with E-state index in [1.54, 1.807) is 0 Å². The zero-order valence-electron chi connectivity index (χ0n) is 15.9. The monoisotopic (exact) mass is 433 g/mol. The largest absolute Gasteiger partial charge is 0.476 e. The van der Waals surface area contributed by atoms with Gasteiger partial charge in [-0.15, -0.1) is 0 Å². The van der Waals surface area contributed by atoms with Gasteiger partial charge in [0.1, 0.15) is 6.61 Å². The Labute approximate surface area is 169 Å². The standard InChI is InChI=1S/C22H28BrNO3/c1-2-5-16-7-9-17(10-8-16)11-12-19-22(23)20(25)14-21(24-19)27-15-18-6-3-4-13-26-18/h7-10,14,18H,2-6,11-13,15H2,1H3,(H,24,25). The van der Waals surface area contributed by atoms with Gasteiger partial charge in [0.05, 0.1) is 10.6 Å². The molecule has 146 valence electrons. The summed E-state index contributed by atoms with van der Waals surface area (Å²) in [5, 5.41) is 0. The fraction of sp³-hybridized carbons (Fsp3) is 0.500. The van der Waals surface area contributed by atoms with Crippen molar-refractivity contribution >= 4 is 15.9 Å². The lowest BCUT2D eigenvalue weighted by molar-refractivity contribution is -0.0120. The van der Waals surface area contributed by atoms with Crippen molar-refractivity contribution in [1.82, 2.24) is 4.98 Å². The normalized spacial score (nSPS) is 17.0. The first-order valence-corrected chi connectivity index (χ1v) is 10.7. The zero-order valence-corrected chi connectivity index (χ0v) is 17.5. The number of ether oxygens (including phenoxy) is 2. The number of aryl methyl sites for hydroxylation is 3. The molecule has 1 aromatic carbocycles. The summed E-state index contributed by atoms with van der Waals surface area (Å²) in [4.78, 5) is 15.5. The Balaban J connectivity index is 1.61. The molecule has 1 aliphatic heterocycles. The van der Waals surface area contributed by atoms with Crippen molar-refractivity contribution in [3.8, 4) is 5.88 Å². The molecule has 0 bridgehead atoms. The van der Waals surface area contributed by atoms with Crippen LogP contribution in [0.4, 0.5) is 0 Å². The van der Waals surface area contributed by atoms with E-state index in [4.69, 9.17) is 9.47 Å². The van der Waals surface area contributed by atoms with Gasteiger partial charge in [-0.2, -0.15) is 0 Å². The molecule has 0 amide bonds. The molecule has 0 saturated carbocycles. The molecule has 0 radical (unpaired) electrons. The predicted octanol–water partition coefficient (Wildman–Crippen LogP) is 4.82. The number of aromatic nitrogens is 1. The highest BCUT2D eigenvalue weighted by molar-refractivity contribution is 9.10. The second-order valence-electron chi connectivity index (χ2n) is 7.16. The minimum Gasteiger partial charge on any atom is -0.476 e. The van der Waals surface area contributed by atoms with Crippen LogP contribution in [-0.2, 0) is 24.0 Å². The fourth-order valence-electron chi connectivity index (χ4n) is 3.37. The molecule has 4 nitrogen and oxygen atoms in total. The smallest absolute Gasteiger partial charge is 0.199 e. The first kappa shape index (κ1) is 20.2. The van der Waals surface area contributed by atoms with Crippen LogP contribution in [-0.4, -0.2) is 24.3 Å². The Morgan fingerprint density at radius 2 is 1.89 bits per heavy atom. The van der Waals surface area contributed by atoms with Gasteiger partial charge in [-0.05, 0) is 65.6 Å². The van der Waals surface area contributed by atoms with Gasteiger partial charge in [0.15, 0.2) is 11.3 Å². The second-order valence-corrected chi connectivity index (χ2v) is 7.95. The molecule has 1 fully saturated rings. The van der Waals surface area contributed by atoms with Crippen LogP contribution >= 0.6 is 15.9 Å². The summed E-state index contributed by atoms with van der Waals surface area (Å²) < 4.78 is 12.1. The van der Waals surface area contributed by atoms with Gasteiger partial charge in [-0.3, -0.25) is 4.79 Å². The first-order chi connectivity index (χ1) is 13.2. The molecular weight excluding hydrogens is 406 g/mol. The van der Waals surface area contributed by atoms with Gasteiger partial charge in [0.2, 0.25) is 0 Å². The summed E-state index contributed by atoms with van der Waals surface area (Å²) in [6.45, 7) is 3.47. The minimum atomic E-state index is -0.0541. The number of rotatable bonds is 8. The quantitative estimate of drug-likeness (QED) is 0.648. The van der Waals surface area contributed by atoms with Gasteiger partial charge in [-0.25, -0.2) is 0 Å². The van der Waals surface area contributed by atoms with E-state index in [1.165, 1.54) is 23.6 Å². The Bertz CT molecular complexity index is 779. The molecule has 1 aromatic heterocycles. The fourth-order valence-corrected chi connectivity index (χ4v) is 3.78. The van der Waals surface area contributed by atoms with E-state index in [-0.39, 0.29) is 11.5 Å². The van der Waals surface area contributed by atoms with Crippen LogP contribution in [0, 0.1) is 0 Å². The zero-order chi connectivity index (χ0) is 19.1. The van der Waals surface area contributed by atoms with Crippen molar-refractivity contribution < 1.29 is 9.47 Å². The molecular formula is C22H28BrNO3. The van der Waals surface area contributed by atoms with Crippen molar-refractivity contribution in [2.24, 2.45) is 0 Å². The van der Waals surface area contributed by atoms with Crippen molar-refractivity contribution in [2.45, 2.75) is 58.0 Å². The van der Waals surface area contributed by atoms with Crippen molar-refractivity contribution in [2.75, 3.05) is 13.2 Å². The summed E-state index contributed by atoms with van der Waals surface area (Å²) in [6, 6.07) is 10.3. The number of hydrogen-bond donors (Lipinski definition) is 1. The average Bonchev–Trinajstić information content (AvgIpc) is 2.70.